The second-order valence-electron chi connectivity index (χ2n) is 8.38. The zero-order valence-electron chi connectivity index (χ0n) is 18.1. The third-order valence-corrected chi connectivity index (χ3v) is 5.23. The zero-order chi connectivity index (χ0) is 22.3. The summed E-state index contributed by atoms with van der Waals surface area (Å²) in [4.78, 5) is 17.2. The van der Waals surface area contributed by atoms with E-state index >= 15 is 0 Å². The summed E-state index contributed by atoms with van der Waals surface area (Å²) < 4.78 is 1.72. The molecule has 5 aromatic rings. The van der Waals surface area contributed by atoms with Crippen molar-refractivity contribution in [2.75, 3.05) is 0 Å². The van der Waals surface area contributed by atoms with Crippen molar-refractivity contribution in [2.24, 2.45) is 0 Å². The lowest BCUT2D eigenvalue weighted by Gasteiger charge is -2.17. The van der Waals surface area contributed by atoms with Crippen LogP contribution in [0.15, 0.2) is 60.9 Å². The molecule has 8 heteroatoms. The molecule has 5 rings (SSSR count). The SMILES string of the molecule is Cc1cccc(-c2nc(-c3cn(Cc4cccc(C(C)(C)O)n4)nn3)c3cc[nH]c3n2)c1. The Morgan fingerprint density at radius 3 is 2.69 bits per heavy atom. The summed E-state index contributed by atoms with van der Waals surface area (Å²) in [5.74, 6) is 0.632. The van der Waals surface area contributed by atoms with E-state index in [0.717, 1.165) is 33.5 Å². The highest BCUT2D eigenvalue weighted by molar-refractivity contribution is 5.90. The molecule has 0 spiro atoms. The Labute approximate surface area is 185 Å². The van der Waals surface area contributed by atoms with Gasteiger partial charge in [0.2, 0.25) is 0 Å². The van der Waals surface area contributed by atoms with E-state index < -0.39 is 5.60 Å². The van der Waals surface area contributed by atoms with Crippen LogP contribution in [0.25, 0.3) is 33.8 Å². The van der Waals surface area contributed by atoms with Gasteiger partial charge in [0.15, 0.2) is 5.82 Å². The van der Waals surface area contributed by atoms with Gasteiger partial charge < -0.3 is 10.1 Å². The lowest BCUT2D eigenvalue weighted by atomic mass is 10.0. The van der Waals surface area contributed by atoms with Gasteiger partial charge in [0.25, 0.3) is 0 Å². The first kappa shape index (κ1) is 20.0. The number of hydrogen-bond donors (Lipinski definition) is 2. The van der Waals surface area contributed by atoms with Crippen LogP contribution in [-0.4, -0.2) is 40.0 Å². The number of nitrogens with one attached hydrogen (secondary N) is 1. The van der Waals surface area contributed by atoms with Gasteiger partial charge in [0.05, 0.1) is 24.1 Å². The fraction of sp³-hybridized carbons (Fsp3) is 0.208. The van der Waals surface area contributed by atoms with Gasteiger partial charge >= 0.3 is 0 Å². The lowest BCUT2D eigenvalue weighted by Crippen LogP contribution is -2.18. The third-order valence-electron chi connectivity index (χ3n) is 5.23. The molecule has 0 aliphatic heterocycles. The Balaban J connectivity index is 1.51. The number of aromatic nitrogens is 7. The first-order chi connectivity index (χ1) is 15.4. The molecule has 0 saturated heterocycles. The molecule has 2 N–H and O–H groups in total. The van der Waals surface area contributed by atoms with Crippen molar-refractivity contribution in [1.82, 2.24) is 34.9 Å². The number of benzene rings is 1. The molecule has 0 unspecified atom stereocenters. The van der Waals surface area contributed by atoms with Crippen LogP contribution in [0.3, 0.4) is 0 Å². The maximum absolute atomic E-state index is 10.2. The van der Waals surface area contributed by atoms with Gasteiger partial charge in [0.1, 0.15) is 22.6 Å². The van der Waals surface area contributed by atoms with Crippen molar-refractivity contribution < 1.29 is 5.11 Å². The van der Waals surface area contributed by atoms with Crippen LogP contribution in [0.1, 0.15) is 30.8 Å². The number of aryl methyl sites for hydroxylation is 1. The van der Waals surface area contributed by atoms with E-state index in [-0.39, 0.29) is 0 Å². The molecule has 8 nitrogen and oxygen atoms in total. The Kier molecular flexibility index (Phi) is 4.79. The van der Waals surface area contributed by atoms with Crippen LogP contribution in [0.4, 0.5) is 0 Å². The van der Waals surface area contributed by atoms with E-state index in [0.29, 0.717) is 23.8 Å². The summed E-state index contributed by atoms with van der Waals surface area (Å²) in [6, 6.07) is 15.6. The quantitative estimate of drug-likeness (QED) is 0.443. The van der Waals surface area contributed by atoms with Crippen LogP contribution in [-0.2, 0) is 12.1 Å². The molecular weight excluding hydrogens is 402 g/mol. The number of aromatic amines is 1. The minimum atomic E-state index is -1.00. The minimum absolute atomic E-state index is 0.434. The van der Waals surface area contributed by atoms with Crippen LogP contribution >= 0.6 is 0 Å². The fourth-order valence-corrected chi connectivity index (χ4v) is 3.61. The fourth-order valence-electron chi connectivity index (χ4n) is 3.61. The average Bonchev–Trinajstić information content (AvgIpc) is 3.42. The second-order valence-corrected chi connectivity index (χ2v) is 8.38. The highest BCUT2D eigenvalue weighted by Crippen LogP contribution is 2.27. The van der Waals surface area contributed by atoms with Gasteiger partial charge in [-0.05, 0) is 45.0 Å². The number of H-pyrrole nitrogens is 1. The lowest BCUT2D eigenvalue weighted by molar-refractivity contribution is 0.0736. The third kappa shape index (κ3) is 3.88. The standard InChI is InChI=1S/C24H23N7O/c1-15-6-4-7-16(12-15)22-27-21(18-10-11-25-23(18)28-22)19-14-31(30-29-19)13-17-8-5-9-20(26-17)24(2,3)32/h4-12,14,32H,13H2,1-3H3,(H,25,27,28). The Hall–Kier alpha value is -3.91. The summed E-state index contributed by atoms with van der Waals surface area (Å²) in [5.41, 5.74) is 4.62. The normalized spacial score (nSPS) is 11.9. The van der Waals surface area contributed by atoms with Crippen LogP contribution in [0, 0.1) is 6.92 Å². The van der Waals surface area contributed by atoms with Crippen molar-refractivity contribution in [2.45, 2.75) is 32.9 Å². The van der Waals surface area contributed by atoms with Crippen molar-refractivity contribution in [1.29, 1.82) is 0 Å². The number of aliphatic hydroxyl groups is 1. The van der Waals surface area contributed by atoms with Gasteiger partial charge in [-0.1, -0.05) is 35.0 Å². The number of hydrogen-bond acceptors (Lipinski definition) is 6. The average molecular weight is 425 g/mol. The summed E-state index contributed by atoms with van der Waals surface area (Å²) in [7, 11) is 0. The number of fused-ring (bicyclic) bond motifs is 1. The smallest absolute Gasteiger partial charge is 0.162 e. The molecule has 0 atom stereocenters. The first-order valence-electron chi connectivity index (χ1n) is 10.4. The molecule has 0 aliphatic carbocycles. The molecule has 0 amide bonds. The topological polar surface area (TPSA) is 105 Å². The van der Waals surface area contributed by atoms with Crippen LogP contribution in [0.5, 0.6) is 0 Å². The molecule has 0 fully saturated rings. The molecule has 0 aliphatic rings. The zero-order valence-corrected chi connectivity index (χ0v) is 18.1. The molecule has 0 saturated carbocycles. The summed E-state index contributed by atoms with van der Waals surface area (Å²) in [6.07, 6.45) is 3.70. The summed E-state index contributed by atoms with van der Waals surface area (Å²) in [6.45, 7) is 5.92. The largest absolute Gasteiger partial charge is 0.384 e. The molecule has 4 heterocycles. The minimum Gasteiger partial charge on any atom is -0.384 e. The van der Waals surface area contributed by atoms with E-state index in [2.05, 4.69) is 31.3 Å². The van der Waals surface area contributed by atoms with E-state index in [1.54, 1.807) is 18.5 Å². The Bertz CT molecular complexity index is 1410. The maximum atomic E-state index is 10.2. The Morgan fingerprint density at radius 2 is 1.88 bits per heavy atom. The maximum Gasteiger partial charge on any atom is 0.162 e. The highest BCUT2D eigenvalue weighted by atomic mass is 16.3. The molecule has 1 aromatic carbocycles. The van der Waals surface area contributed by atoms with Crippen LogP contribution < -0.4 is 0 Å². The summed E-state index contributed by atoms with van der Waals surface area (Å²) in [5, 5.41) is 19.8. The molecule has 160 valence electrons. The van der Waals surface area contributed by atoms with Gasteiger partial charge in [-0.15, -0.1) is 5.10 Å². The summed E-state index contributed by atoms with van der Waals surface area (Å²) >= 11 is 0. The van der Waals surface area contributed by atoms with Gasteiger partial charge in [0, 0.05) is 17.1 Å². The van der Waals surface area contributed by atoms with Crippen LogP contribution in [0.2, 0.25) is 0 Å². The van der Waals surface area contributed by atoms with Gasteiger partial charge in [-0.3, -0.25) is 4.98 Å². The number of rotatable bonds is 5. The Morgan fingerprint density at radius 1 is 1.03 bits per heavy atom. The second kappa shape index (κ2) is 7.65. The van der Waals surface area contributed by atoms with E-state index in [9.17, 15) is 5.11 Å². The molecule has 4 aromatic heterocycles. The number of pyridine rings is 1. The molecule has 0 radical (unpaired) electrons. The highest BCUT2D eigenvalue weighted by Gasteiger charge is 2.18. The van der Waals surface area contributed by atoms with Crippen molar-refractivity contribution in [3.63, 3.8) is 0 Å². The first-order valence-corrected chi connectivity index (χ1v) is 10.4. The van der Waals surface area contributed by atoms with E-state index in [4.69, 9.17) is 4.98 Å². The molecular formula is C24H23N7O. The van der Waals surface area contributed by atoms with E-state index in [1.165, 1.54) is 0 Å². The number of nitrogens with zero attached hydrogens (tertiary/aromatic N) is 6. The molecule has 0 bridgehead atoms. The predicted molar refractivity (Wildman–Crippen MR) is 122 cm³/mol. The van der Waals surface area contributed by atoms with Gasteiger partial charge in [-0.2, -0.15) is 0 Å². The molecule has 32 heavy (non-hydrogen) atoms. The van der Waals surface area contributed by atoms with Crippen molar-refractivity contribution in [3.8, 4) is 22.8 Å². The van der Waals surface area contributed by atoms with Crippen molar-refractivity contribution >= 4 is 11.0 Å². The van der Waals surface area contributed by atoms with E-state index in [1.807, 2.05) is 61.8 Å². The van der Waals surface area contributed by atoms with Crippen molar-refractivity contribution in [3.05, 3.63) is 77.9 Å². The predicted octanol–water partition coefficient (Wildman–Crippen LogP) is 3.86. The van der Waals surface area contributed by atoms with Gasteiger partial charge in [-0.25, -0.2) is 14.6 Å². The monoisotopic (exact) mass is 425 g/mol.